The van der Waals surface area contributed by atoms with Crippen molar-refractivity contribution in [3.8, 4) is 6.07 Å². The van der Waals surface area contributed by atoms with Crippen LogP contribution in [0.15, 0.2) is 35.4 Å². The molecule has 1 unspecified atom stereocenters. The highest BCUT2D eigenvalue weighted by atomic mass is 19.4. The molecule has 4 heterocycles. The van der Waals surface area contributed by atoms with Crippen LogP contribution in [0.3, 0.4) is 0 Å². The lowest BCUT2D eigenvalue weighted by atomic mass is 10.1. The second-order valence-electron chi connectivity index (χ2n) is 8.23. The molecule has 35 heavy (non-hydrogen) atoms. The minimum Gasteiger partial charge on any atom is -0.366 e. The molecule has 3 aromatic rings. The van der Waals surface area contributed by atoms with Crippen LogP contribution in [0.25, 0.3) is 11.0 Å². The van der Waals surface area contributed by atoms with E-state index in [-0.39, 0.29) is 22.5 Å². The number of rotatable bonds is 4. The van der Waals surface area contributed by atoms with Gasteiger partial charge >= 0.3 is 6.18 Å². The number of carbonyl (C=O) groups is 1. The number of nitriles is 1. The molecule has 1 aliphatic rings. The number of aryl methyl sites for hydroxylation is 1. The standard InChI is InChI=1S/C23H22F3N7O2/c1-13-19(23(24,25)26)22(35)31-18-7-14(9-30-20(13)18)11-32-5-6-33(12-16(32)8-27)15-3-4-17(29-10-15)21(34)28-2/h3-4,7,9-10,16H,5-6,11-12H2,1-2H3,(H,28,34)(H,31,35). The van der Waals surface area contributed by atoms with E-state index in [0.29, 0.717) is 37.4 Å². The zero-order valence-corrected chi connectivity index (χ0v) is 19.0. The summed E-state index contributed by atoms with van der Waals surface area (Å²) >= 11 is 0. The normalized spacial score (nSPS) is 16.8. The summed E-state index contributed by atoms with van der Waals surface area (Å²) in [4.78, 5) is 38.3. The predicted molar refractivity (Wildman–Crippen MR) is 122 cm³/mol. The Morgan fingerprint density at radius 2 is 2.06 bits per heavy atom. The molecule has 0 bridgehead atoms. The van der Waals surface area contributed by atoms with Crippen molar-refractivity contribution in [3.05, 3.63) is 63.3 Å². The van der Waals surface area contributed by atoms with E-state index >= 15 is 0 Å². The molecule has 1 amide bonds. The van der Waals surface area contributed by atoms with Crippen LogP contribution >= 0.6 is 0 Å². The lowest BCUT2D eigenvalue weighted by Gasteiger charge is -2.39. The molecular weight excluding hydrogens is 463 g/mol. The van der Waals surface area contributed by atoms with Crippen LogP contribution in [0, 0.1) is 18.3 Å². The molecule has 0 saturated carbocycles. The molecule has 4 rings (SSSR count). The van der Waals surface area contributed by atoms with Crippen LogP contribution in [-0.2, 0) is 12.7 Å². The summed E-state index contributed by atoms with van der Waals surface area (Å²) < 4.78 is 39.7. The molecule has 12 heteroatoms. The van der Waals surface area contributed by atoms with Gasteiger partial charge in [0.2, 0.25) is 0 Å². The van der Waals surface area contributed by atoms with Gasteiger partial charge in [-0.05, 0) is 36.2 Å². The first-order chi connectivity index (χ1) is 16.6. The topological polar surface area (TPSA) is 118 Å². The fraction of sp³-hybridized carbons (Fsp3) is 0.348. The van der Waals surface area contributed by atoms with Crippen molar-refractivity contribution in [3.63, 3.8) is 0 Å². The number of carbonyl (C=O) groups excluding carboxylic acids is 1. The Hall–Kier alpha value is -3.98. The molecule has 3 aromatic heterocycles. The first kappa shape index (κ1) is 24.2. The lowest BCUT2D eigenvalue weighted by molar-refractivity contribution is -0.139. The third-order valence-corrected chi connectivity index (χ3v) is 6.03. The number of H-pyrrole nitrogens is 1. The first-order valence-electron chi connectivity index (χ1n) is 10.8. The van der Waals surface area contributed by atoms with Crippen molar-refractivity contribution >= 4 is 22.6 Å². The smallest absolute Gasteiger partial charge is 0.366 e. The van der Waals surface area contributed by atoms with Gasteiger partial charge < -0.3 is 15.2 Å². The van der Waals surface area contributed by atoms with Gasteiger partial charge in [0.05, 0.1) is 29.0 Å². The van der Waals surface area contributed by atoms with E-state index in [0.717, 1.165) is 5.69 Å². The molecule has 0 radical (unpaired) electrons. The van der Waals surface area contributed by atoms with Gasteiger partial charge in [0.15, 0.2) is 0 Å². The Labute approximate surface area is 198 Å². The predicted octanol–water partition coefficient (Wildman–Crippen LogP) is 2.22. The van der Waals surface area contributed by atoms with Crippen molar-refractivity contribution in [2.75, 3.05) is 31.6 Å². The molecule has 1 aliphatic heterocycles. The highest BCUT2D eigenvalue weighted by Crippen LogP contribution is 2.31. The average Bonchev–Trinajstić information content (AvgIpc) is 2.82. The second kappa shape index (κ2) is 9.34. The maximum Gasteiger partial charge on any atom is 0.422 e. The van der Waals surface area contributed by atoms with Gasteiger partial charge in [0.25, 0.3) is 11.5 Å². The SMILES string of the molecule is CNC(=O)c1ccc(N2CCN(Cc3cnc4c(C)c(C(F)(F)F)c(=O)[nH]c4c3)C(C#N)C2)cn1. The van der Waals surface area contributed by atoms with Gasteiger partial charge in [-0.1, -0.05) is 0 Å². The third-order valence-electron chi connectivity index (χ3n) is 6.03. The molecule has 9 nitrogen and oxygen atoms in total. The van der Waals surface area contributed by atoms with Gasteiger partial charge in [-0.3, -0.25) is 19.5 Å². The number of anilines is 1. The summed E-state index contributed by atoms with van der Waals surface area (Å²) in [5, 5.41) is 12.3. The Morgan fingerprint density at radius 1 is 1.29 bits per heavy atom. The maximum absolute atomic E-state index is 13.2. The summed E-state index contributed by atoms with van der Waals surface area (Å²) in [6, 6.07) is 6.82. The maximum atomic E-state index is 13.2. The van der Waals surface area contributed by atoms with Crippen molar-refractivity contribution in [2.24, 2.45) is 0 Å². The van der Waals surface area contributed by atoms with E-state index in [1.165, 1.54) is 20.2 Å². The van der Waals surface area contributed by atoms with Crippen LogP contribution in [0.2, 0.25) is 0 Å². The van der Waals surface area contributed by atoms with E-state index in [4.69, 9.17) is 0 Å². The van der Waals surface area contributed by atoms with Gasteiger partial charge in [-0.2, -0.15) is 18.4 Å². The number of piperazine rings is 1. The number of fused-ring (bicyclic) bond motifs is 1. The van der Waals surface area contributed by atoms with E-state index in [1.807, 2.05) is 9.80 Å². The number of pyridine rings is 3. The van der Waals surface area contributed by atoms with Gasteiger partial charge in [0, 0.05) is 39.4 Å². The molecule has 0 aromatic carbocycles. The summed E-state index contributed by atoms with van der Waals surface area (Å²) in [5.41, 5.74) is -0.628. The molecule has 0 spiro atoms. The first-order valence-corrected chi connectivity index (χ1v) is 10.8. The number of alkyl halides is 3. The Bertz CT molecular complexity index is 1360. The Balaban J connectivity index is 1.52. The molecule has 1 atom stereocenters. The van der Waals surface area contributed by atoms with Crippen LogP contribution in [0.4, 0.5) is 18.9 Å². The van der Waals surface area contributed by atoms with Crippen molar-refractivity contribution in [2.45, 2.75) is 25.7 Å². The molecule has 1 saturated heterocycles. The van der Waals surface area contributed by atoms with Gasteiger partial charge in [-0.25, -0.2) is 4.98 Å². The molecular formula is C23H22F3N7O2. The number of nitrogens with zero attached hydrogens (tertiary/aromatic N) is 5. The zero-order valence-electron chi connectivity index (χ0n) is 19.0. The lowest BCUT2D eigenvalue weighted by Crippen LogP contribution is -2.52. The van der Waals surface area contributed by atoms with Gasteiger partial charge in [0.1, 0.15) is 17.3 Å². The number of hydrogen-bond acceptors (Lipinski definition) is 7. The number of aromatic amines is 1. The highest BCUT2D eigenvalue weighted by Gasteiger charge is 2.37. The van der Waals surface area contributed by atoms with Crippen LogP contribution in [-0.4, -0.2) is 58.5 Å². The zero-order chi connectivity index (χ0) is 25.3. The van der Waals surface area contributed by atoms with Crippen molar-refractivity contribution in [1.29, 1.82) is 5.26 Å². The van der Waals surface area contributed by atoms with Crippen LogP contribution < -0.4 is 15.8 Å². The van der Waals surface area contributed by atoms with E-state index in [2.05, 4.69) is 26.3 Å². The molecule has 2 N–H and O–H groups in total. The second-order valence-corrected chi connectivity index (χ2v) is 8.23. The summed E-state index contributed by atoms with van der Waals surface area (Å²) in [6.07, 6.45) is -1.71. The molecule has 0 aliphatic carbocycles. The van der Waals surface area contributed by atoms with Crippen molar-refractivity contribution < 1.29 is 18.0 Å². The minimum absolute atomic E-state index is 0.0787. The Morgan fingerprint density at radius 3 is 2.69 bits per heavy atom. The number of hydrogen-bond donors (Lipinski definition) is 2. The average molecular weight is 485 g/mol. The van der Waals surface area contributed by atoms with Gasteiger partial charge in [-0.15, -0.1) is 0 Å². The number of halogens is 3. The highest BCUT2D eigenvalue weighted by molar-refractivity contribution is 5.92. The van der Waals surface area contributed by atoms with E-state index < -0.39 is 23.3 Å². The molecule has 182 valence electrons. The van der Waals surface area contributed by atoms with E-state index in [9.17, 15) is 28.0 Å². The number of amides is 1. The fourth-order valence-electron chi connectivity index (χ4n) is 4.24. The Kier molecular flexibility index (Phi) is 6.45. The van der Waals surface area contributed by atoms with Crippen LogP contribution in [0.1, 0.15) is 27.2 Å². The largest absolute Gasteiger partial charge is 0.422 e. The summed E-state index contributed by atoms with van der Waals surface area (Å²) in [5.74, 6) is -0.286. The van der Waals surface area contributed by atoms with Crippen molar-refractivity contribution in [1.82, 2.24) is 25.2 Å². The molecule has 1 fully saturated rings. The van der Waals surface area contributed by atoms with E-state index in [1.54, 1.807) is 24.4 Å². The summed E-state index contributed by atoms with van der Waals surface area (Å²) in [6.45, 7) is 3.11. The third kappa shape index (κ3) is 4.81. The fourth-order valence-corrected chi connectivity index (χ4v) is 4.24. The quantitative estimate of drug-likeness (QED) is 0.582. The number of aromatic nitrogens is 3. The van der Waals surface area contributed by atoms with Crippen LogP contribution in [0.5, 0.6) is 0 Å². The minimum atomic E-state index is -4.77. The number of nitrogens with one attached hydrogen (secondary N) is 2. The summed E-state index contributed by atoms with van der Waals surface area (Å²) in [7, 11) is 1.53. The monoisotopic (exact) mass is 485 g/mol.